The van der Waals surface area contributed by atoms with Crippen molar-refractivity contribution >= 4 is 17.7 Å². The molecule has 0 N–H and O–H groups in total. The van der Waals surface area contributed by atoms with E-state index in [0.717, 1.165) is 24.6 Å². The minimum absolute atomic E-state index is 0.0807. The molecule has 0 radical (unpaired) electrons. The van der Waals surface area contributed by atoms with Crippen LogP contribution in [0.1, 0.15) is 21.7 Å². The molecule has 0 spiro atoms. The van der Waals surface area contributed by atoms with Gasteiger partial charge in [-0.1, -0.05) is 5.21 Å². The van der Waals surface area contributed by atoms with Crippen LogP contribution in [0.2, 0.25) is 0 Å². The molecule has 1 fully saturated rings. The second-order valence-corrected chi connectivity index (χ2v) is 6.50. The predicted octanol–water partition coefficient (Wildman–Crippen LogP) is 2.21. The number of aromatic nitrogens is 3. The molecule has 7 heteroatoms. The second-order valence-electron chi connectivity index (χ2n) is 5.27. The number of rotatable bonds is 2. The Morgan fingerprint density at radius 2 is 2.00 bits per heavy atom. The molecule has 1 aliphatic heterocycles. The van der Waals surface area contributed by atoms with Crippen molar-refractivity contribution in [3.8, 4) is 5.69 Å². The maximum absolute atomic E-state index is 13.4. The van der Waals surface area contributed by atoms with Gasteiger partial charge in [-0.2, -0.15) is 11.8 Å². The molecule has 0 atom stereocenters. The molecular formula is C15H17FN4OS. The number of hydrogen-bond acceptors (Lipinski definition) is 4. The third-order valence-electron chi connectivity index (χ3n) is 3.78. The van der Waals surface area contributed by atoms with Gasteiger partial charge in [-0.3, -0.25) is 4.79 Å². The Balaban J connectivity index is 1.91. The van der Waals surface area contributed by atoms with Gasteiger partial charge < -0.3 is 4.90 Å². The van der Waals surface area contributed by atoms with Crippen molar-refractivity contribution in [1.82, 2.24) is 19.9 Å². The zero-order chi connectivity index (χ0) is 15.7. The first-order valence-electron chi connectivity index (χ1n) is 7.14. The summed E-state index contributed by atoms with van der Waals surface area (Å²) in [7, 11) is 0. The zero-order valence-corrected chi connectivity index (χ0v) is 13.4. The topological polar surface area (TPSA) is 51.0 Å². The van der Waals surface area contributed by atoms with E-state index in [9.17, 15) is 9.18 Å². The Hall–Kier alpha value is -1.89. The molecule has 1 aliphatic rings. The summed E-state index contributed by atoms with van der Waals surface area (Å²) in [5, 5.41) is 8.10. The predicted molar refractivity (Wildman–Crippen MR) is 84.0 cm³/mol. The van der Waals surface area contributed by atoms with Gasteiger partial charge in [0.2, 0.25) is 0 Å². The molecule has 2 heterocycles. The van der Waals surface area contributed by atoms with Crippen LogP contribution in [0, 0.1) is 19.7 Å². The highest BCUT2D eigenvalue weighted by Gasteiger charge is 2.24. The van der Waals surface area contributed by atoms with E-state index < -0.39 is 0 Å². The molecule has 116 valence electrons. The third kappa shape index (κ3) is 2.72. The summed E-state index contributed by atoms with van der Waals surface area (Å²) in [5.74, 6) is 1.57. The van der Waals surface area contributed by atoms with Crippen molar-refractivity contribution in [3.05, 3.63) is 41.0 Å². The summed E-state index contributed by atoms with van der Waals surface area (Å²) < 4.78 is 15.0. The van der Waals surface area contributed by atoms with Gasteiger partial charge in [0, 0.05) is 24.6 Å². The lowest BCUT2D eigenvalue weighted by Gasteiger charge is -2.25. The molecular weight excluding hydrogens is 303 g/mol. The van der Waals surface area contributed by atoms with Crippen molar-refractivity contribution in [1.29, 1.82) is 0 Å². The van der Waals surface area contributed by atoms with Gasteiger partial charge in [-0.05, 0) is 37.6 Å². The molecule has 1 saturated heterocycles. The lowest BCUT2D eigenvalue weighted by atomic mass is 10.2. The average molecular weight is 320 g/mol. The van der Waals surface area contributed by atoms with Gasteiger partial charge in [0.25, 0.3) is 5.91 Å². The van der Waals surface area contributed by atoms with E-state index in [4.69, 9.17) is 0 Å². The molecule has 5 nitrogen and oxygen atoms in total. The molecule has 3 rings (SSSR count). The number of carbonyl (C=O) groups is 1. The first-order chi connectivity index (χ1) is 10.6. The largest absolute Gasteiger partial charge is 0.336 e. The van der Waals surface area contributed by atoms with Crippen molar-refractivity contribution in [3.63, 3.8) is 0 Å². The summed E-state index contributed by atoms with van der Waals surface area (Å²) in [4.78, 5) is 14.3. The minimum atomic E-state index is -0.261. The summed E-state index contributed by atoms with van der Waals surface area (Å²) >= 11 is 1.85. The number of benzene rings is 1. The van der Waals surface area contributed by atoms with E-state index in [1.807, 2.05) is 23.6 Å². The molecule has 0 saturated carbocycles. The third-order valence-corrected chi connectivity index (χ3v) is 4.72. The fraction of sp³-hybridized carbons (Fsp3) is 0.400. The first kappa shape index (κ1) is 15.0. The highest BCUT2D eigenvalue weighted by Crippen LogP contribution is 2.18. The van der Waals surface area contributed by atoms with Crippen LogP contribution in [-0.2, 0) is 0 Å². The number of thioether (sulfide) groups is 1. The van der Waals surface area contributed by atoms with Crippen LogP contribution in [0.4, 0.5) is 4.39 Å². The van der Waals surface area contributed by atoms with Crippen molar-refractivity contribution in [2.75, 3.05) is 24.6 Å². The van der Waals surface area contributed by atoms with E-state index in [2.05, 4.69) is 10.3 Å². The SMILES string of the molecule is Cc1cc(-n2nnc(C(=O)N3CCSCC3)c2C)ccc1F. The van der Waals surface area contributed by atoms with Gasteiger partial charge in [-0.25, -0.2) is 9.07 Å². The molecule has 0 aliphatic carbocycles. The van der Waals surface area contributed by atoms with Gasteiger partial charge >= 0.3 is 0 Å². The van der Waals surface area contributed by atoms with Crippen molar-refractivity contribution in [2.24, 2.45) is 0 Å². The van der Waals surface area contributed by atoms with Crippen LogP contribution < -0.4 is 0 Å². The molecule has 0 unspecified atom stereocenters. The quantitative estimate of drug-likeness (QED) is 0.851. The zero-order valence-electron chi connectivity index (χ0n) is 12.5. The van der Waals surface area contributed by atoms with Crippen LogP contribution in [-0.4, -0.2) is 50.4 Å². The highest BCUT2D eigenvalue weighted by atomic mass is 32.2. The molecule has 22 heavy (non-hydrogen) atoms. The standard InChI is InChI=1S/C15H17FN4OS/c1-10-9-12(3-4-13(10)16)20-11(2)14(17-18-20)15(21)19-5-7-22-8-6-19/h3-4,9H,5-8H2,1-2H3. The van der Waals surface area contributed by atoms with Crippen LogP contribution in [0.3, 0.4) is 0 Å². The van der Waals surface area contributed by atoms with Gasteiger partial charge in [0.05, 0.1) is 11.4 Å². The molecule has 2 aromatic rings. The molecule has 1 amide bonds. The van der Waals surface area contributed by atoms with Crippen LogP contribution in [0.25, 0.3) is 5.69 Å². The van der Waals surface area contributed by atoms with E-state index in [-0.39, 0.29) is 11.7 Å². The fourth-order valence-corrected chi connectivity index (χ4v) is 3.35. The average Bonchev–Trinajstić information content (AvgIpc) is 2.92. The monoisotopic (exact) mass is 320 g/mol. The Morgan fingerprint density at radius 3 is 2.68 bits per heavy atom. The van der Waals surface area contributed by atoms with Crippen LogP contribution >= 0.6 is 11.8 Å². The van der Waals surface area contributed by atoms with E-state index >= 15 is 0 Å². The normalized spacial score (nSPS) is 15.1. The number of amides is 1. The summed E-state index contributed by atoms with van der Waals surface area (Å²) in [6, 6.07) is 4.73. The first-order valence-corrected chi connectivity index (χ1v) is 8.29. The summed E-state index contributed by atoms with van der Waals surface area (Å²) in [5.41, 5.74) is 2.29. The maximum Gasteiger partial charge on any atom is 0.276 e. The minimum Gasteiger partial charge on any atom is -0.336 e. The van der Waals surface area contributed by atoms with Crippen LogP contribution in [0.5, 0.6) is 0 Å². The van der Waals surface area contributed by atoms with E-state index in [1.54, 1.807) is 23.7 Å². The molecule has 0 bridgehead atoms. The van der Waals surface area contributed by atoms with Crippen molar-refractivity contribution in [2.45, 2.75) is 13.8 Å². The molecule has 1 aromatic heterocycles. The maximum atomic E-state index is 13.4. The Labute approximate surface area is 132 Å². The number of nitrogens with zero attached hydrogens (tertiary/aromatic N) is 4. The number of carbonyl (C=O) groups excluding carboxylic acids is 1. The number of aryl methyl sites for hydroxylation is 1. The summed E-state index contributed by atoms with van der Waals surface area (Å²) in [6.45, 7) is 4.99. The fourth-order valence-electron chi connectivity index (χ4n) is 2.45. The Bertz CT molecular complexity index is 710. The van der Waals surface area contributed by atoms with E-state index in [1.165, 1.54) is 6.07 Å². The van der Waals surface area contributed by atoms with Gasteiger partial charge in [0.1, 0.15) is 5.82 Å². The lowest BCUT2D eigenvalue weighted by molar-refractivity contribution is 0.0765. The van der Waals surface area contributed by atoms with Crippen LogP contribution in [0.15, 0.2) is 18.2 Å². The van der Waals surface area contributed by atoms with E-state index in [0.29, 0.717) is 22.6 Å². The highest BCUT2D eigenvalue weighted by molar-refractivity contribution is 7.99. The lowest BCUT2D eigenvalue weighted by Crippen LogP contribution is -2.38. The number of halogens is 1. The number of hydrogen-bond donors (Lipinski definition) is 0. The van der Waals surface area contributed by atoms with Crippen molar-refractivity contribution < 1.29 is 9.18 Å². The second kappa shape index (κ2) is 6.08. The summed E-state index contributed by atoms with van der Waals surface area (Å²) in [6.07, 6.45) is 0. The Morgan fingerprint density at radius 1 is 1.27 bits per heavy atom. The molecule has 1 aromatic carbocycles. The smallest absolute Gasteiger partial charge is 0.276 e. The van der Waals surface area contributed by atoms with Gasteiger partial charge in [0.15, 0.2) is 5.69 Å². The Kier molecular flexibility index (Phi) is 4.15. The van der Waals surface area contributed by atoms with Gasteiger partial charge in [-0.15, -0.1) is 5.10 Å².